The SMILES string of the molecule is c1ccc(-c2ccc(-c3cccc4ccccc34)c3ccccc23)nc1. The zero-order chi connectivity index (χ0) is 17.3. The Balaban J connectivity index is 1.83. The number of nitrogens with zero attached hydrogens (tertiary/aromatic N) is 1. The van der Waals surface area contributed by atoms with Crippen LogP contribution in [0.1, 0.15) is 0 Å². The third-order valence-corrected chi connectivity index (χ3v) is 4.94. The molecule has 5 rings (SSSR count). The topological polar surface area (TPSA) is 12.9 Å². The van der Waals surface area contributed by atoms with Crippen LogP contribution in [0.15, 0.2) is 103 Å². The van der Waals surface area contributed by atoms with Gasteiger partial charge in [-0.1, -0.05) is 84.9 Å². The molecule has 0 N–H and O–H groups in total. The van der Waals surface area contributed by atoms with Crippen molar-refractivity contribution in [3.05, 3.63) is 103 Å². The van der Waals surface area contributed by atoms with E-state index in [2.05, 4.69) is 89.9 Å². The monoisotopic (exact) mass is 331 g/mol. The summed E-state index contributed by atoms with van der Waals surface area (Å²) in [5.74, 6) is 0. The second-order valence-electron chi connectivity index (χ2n) is 6.45. The minimum Gasteiger partial charge on any atom is -0.256 e. The first-order valence-electron chi connectivity index (χ1n) is 8.83. The first-order valence-corrected chi connectivity index (χ1v) is 8.83. The number of pyridine rings is 1. The number of hydrogen-bond acceptors (Lipinski definition) is 1. The van der Waals surface area contributed by atoms with Crippen LogP contribution in [0.25, 0.3) is 43.9 Å². The standard InChI is InChI=1S/C25H17N/c1-2-10-19-18(8-1)9-7-13-20(19)23-15-16-24(25-14-5-6-17-26-25)22-12-4-3-11-21(22)23/h1-17H. The highest BCUT2D eigenvalue weighted by molar-refractivity contribution is 6.09. The molecule has 1 aromatic heterocycles. The molecule has 5 aromatic rings. The molecule has 0 unspecified atom stereocenters. The molecular weight excluding hydrogens is 314 g/mol. The van der Waals surface area contributed by atoms with Gasteiger partial charge in [0.1, 0.15) is 0 Å². The molecule has 0 saturated heterocycles. The Morgan fingerprint density at radius 3 is 1.85 bits per heavy atom. The zero-order valence-corrected chi connectivity index (χ0v) is 14.3. The van der Waals surface area contributed by atoms with E-state index in [4.69, 9.17) is 0 Å². The van der Waals surface area contributed by atoms with E-state index < -0.39 is 0 Å². The van der Waals surface area contributed by atoms with E-state index in [1.165, 1.54) is 38.2 Å². The minimum absolute atomic E-state index is 1.01. The van der Waals surface area contributed by atoms with Crippen molar-refractivity contribution < 1.29 is 0 Å². The Bertz CT molecular complexity index is 1220. The molecule has 0 saturated carbocycles. The van der Waals surface area contributed by atoms with Crippen molar-refractivity contribution in [2.24, 2.45) is 0 Å². The third-order valence-electron chi connectivity index (χ3n) is 4.94. The Kier molecular flexibility index (Phi) is 3.50. The van der Waals surface area contributed by atoms with Gasteiger partial charge in [-0.3, -0.25) is 4.98 Å². The summed E-state index contributed by atoms with van der Waals surface area (Å²) in [6.45, 7) is 0. The van der Waals surface area contributed by atoms with E-state index in [0.717, 1.165) is 5.69 Å². The fourth-order valence-corrected chi connectivity index (χ4v) is 3.74. The smallest absolute Gasteiger partial charge is 0.0708 e. The predicted molar refractivity (Wildman–Crippen MR) is 110 cm³/mol. The second kappa shape index (κ2) is 6.12. The van der Waals surface area contributed by atoms with Crippen LogP contribution in [-0.4, -0.2) is 4.98 Å². The number of rotatable bonds is 2. The zero-order valence-electron chi connectivity index (χ0n) is 14.3. The summed E-state index contributed by atoms with van der Waals surface area (Å²) in [5, 5.41) is 5.04. The Morgan fingerprint density at radius 1 is 0.423 bits per heavy atom. The van der Waals surface area contributed by atoms with Crippen LogP contribution in [0.2, 0.25) is 0 Å². The molecule has 4 aromatic carbocycles. The molecule has 0 amide bonds. The van der Waals surface area contributed by atoms with Gasteiger partial charge in [0.2, 0.25) is 0 Å². The molecule has 0 radical (unpaired) electrons. The van der Waals surface area contributed by atoms with Gasteiger partial charge >= 0.3 is 0 Å². The maximum Gasteiger partial charge on any atom is 0.0708 e. The molecule has 0 spiro atoms. The van der Waals surface area contributed by atoms with E-state index in [9.17, 15) is 0 Å². The van der Waals surface area contributed by atoms with Crippen LogP contribution in [0.3, 0.4) is 0 Å². The summed E-state index contributed by atoms with van der Waals surface area (Å²) in [4.78, 5) is 4.55. The summed E-state index contributed by atoms with van der Waals surface area (Å²) in [7, 11) is 0. The Morgan fingerprint density at radius 2 is 1.04 bits per heavy atom. The third kappa shape index (κ3) is 2.37. The van der Waals surface area contributed by atoms with Gasteiger partial charge in [0.05, 0.1) is 5.69 Å². The highest BCUT2D eigenvalue weighted by atomic mass is 14.7. The number of hydrogen-bond donors (Lipinski definition) is 0. The van der Waals surface area contributed by atoms with Crippen LogP contribution in [0.5, 0.6) is 0 Å². The van der Waals surface area contributed by atoms with Gasteiger partial charge < -0.3 is 0 Å². The molecule has 0 fully saturated rings. The van der Waals surface area contributed by atoms with E-state index in [-0.39, 0.29) is 0 Å². The highest BCUT2D eigenvalue weighted by Gasteiger charge is 2.11. The number of fused-ring (bicyclic) bond motifs is 2. The van der Waals surface area contributed by atoms with Gasteiger partial charge in [-0.25, -0.2) is 0 Å². The van der Waals surface area contributed by atoms with E-state index in [1.807, 2.05) is 18.3 Å². The molecule has 0 bridgehead atoms. The fourth-order valence-electron chi connectivity index (χ4n) is 3.74. The van der Waals surface area contributed by atoms with Crippen molar-refractivity contribution in [3.8, 4) is 22.4 Å². The summed E-state index contributed by atoms with van der Waals surface area (Å²) in [6, 6.07) is 34.2. The maximum absolute atomic E-state index is 4.55. The van der Waals surface area contributed by atoms with E-state index >= 15 is 0 Å². The average molecular weight is 331 g/mol. The lowest BCUT2D eigenvalue weighted by atomic mass is 9.91. The molecule has 0 atom stereocenters. The molecule has 0 aliphatic heterocycles. The van der Waals surface area contributed by atoms with Crippen LogP contribution in [0, 0.1) is 0 Å². The lowest BCUT2D eigenvalue weighted by Gasteiger charge is -2.13. The Hall–Kier alpha value is -3.45. The fraction of sp³-hybridized carbons (Fsp3) is 0. The van der Waals surface area contributed by atoms with E-state index in [1.54, 1.807) is 0 Å². The Labute approximate surface area is 152 Å². The van der Waals surface area contributed by atoms with Gasteiger partial charge in [-0.05, 0) is 44.8 Å². The molecule has 26 heavy (non-hydrogen) atoms. The summed E-state index contributed by atoms with van der Waals surface area (Å²) >= 11 is 0. The highest BCUT2D eigenvalue weighted by Crippen LogP contribution is 2.37. The minimum atomic E-state index is 1.01. The lowest BCUT2D eigenvalue weighted by Crippen LogP contribution is -1.88. The van der Waals surface area contributed by atoms with Crippen LogP contribution in [-0.2, 0) is 0 Å². The lowest BCUT2D eigenvalue weighted by molar-refractivity contribution is 1.33. The van der Waals surface area contributed by atoms with Crippen molar-refractivity contribution in [3.63, 3.8) is 0 Å². The van der Waals surface area contributed by atoms with Crippen molar-refractivity contribution in [2.75, 3.05) is 0 Å². The molecular formula is C25H17N. The van der Waals surface area contributed by atoms with Crippen LogP contribution in [0.4, 0.5) is 0 Å². The number of aromatic nitrogens is 1. The van der Waals surface area contributed by atoms with Crippen molar-refractivity contribution >= 4 is 21.5 Å². The molecule has 1 nitrogen and oxygen atoms in total. The van der Waals surface area contributed by atoms with E-state index in [0.29, 0.717) is 0 Å². The van der Waals surface area contributed by atoms with Gasteiger partial charge in [0, 0.05) is 11.8 Å². The molecule has 122 valence electrons. The quantitative estimate of drug-likeness (QED) is 0.350. The molecule has 1 heteroatoms. The predicted octanol–water partition coefficient (Wildman–Crippen LogP) is 6.72. The summed E-state index contributed by atoms with van der Waals surface area (Å²) in [5.41, 5.74) is 4.71. The van der Waals surface area contributed by atoms with Crippen molar-refractivity contribution in [1.82, 2.24) is 4.98 Å². The van der Waals surface area contributed by atoms with Crippen LogP contribution >= 0.6 is 0 Å². The number of benzene rings is 4. The van der Waals surface area contributed by atoms with Crippen LogP contribution < -0.4 is 0 Å². The van der Waals surface area contributed by atoms with Gasteiger partial charge in [0.15, 0.2) is 0 Å². The van der Waals surface area contributed by atoms with Gasteiger partial charge in [-0.2, -0.15) is 0 Å². The molecule has 0 aliphatic carbocycles. The maximum atomic E-state index is 4.55. The normalized spacial score (nSPS) is 11.1. The first-order chi connectivity index (χ1) is 12.9. The largest absolute Gasteiger partial charge is 0.256 e. The summed E-state index contributed by atoms with van der Waals surface area (Å²) < 4.78 is 0. The summed E-state index contributed by atoms with van der Waals surface area (Å²) in [6.07, 6.45) is 1.85. The van der Waals surface area contributed by atoms with Gasteiger partial charge in [0.25, 0.3) is 0 Å². The van der Waals surface area contributed by atoms with Crippen molar-refractivity contribution in [2.45, 2.75) is 0 Å². The second-order valence-corrected chi connectivity index (χ2v) is 6.45. The van der Waals surface area contributed by atoms with Crippen molar-refractivity contribution in [1.29, 1.82) is 0 Å². The molecule has 0 aliphatic rings. The van der Waals surface area contributed by atoms with Gasteiger partial charge in [-0.15, -0.1) is 0 Å². The molecule has 1 heterocycles. The average Bonchev–Trinajstić information content (AvgIpc) is 2.73. The first kappa shape index (κ1) is 14.9.